The zero-order valence-electron chi connectivity index (χ0n) is 19.1. The minimum Gasteiger partial charge on any atom is -0.493 e. The minimum atomic E-state index is -3.50. The van der Waals surface area contributed by atoms with Gasteiger partial charge in [-0.3, -0.25) is 4.98 Å². The molecule has 7 nitrogen and oxygen atoms in total. The zero-order chi connectivity index (χ0) is 22.8. The van der Waals surface area contributed by atoms with Crippen molar-refractivity contribution >= 4 is 22.4 Å². The molecule has 0 amide bonds. The van der Waals surface area contributed by atoms with E-state index in [4.69, 9.17) is 4.74 Å². The number of nitrogens with one attached hydrogen (secondary N) is 1. The fourth-order valence-corrected chi connectivity index (χ4v) is 6.90. The molecule has 2 fully saturated rings. The van der Waals surface area contributed by atoms with Gasteiger partial charge in [0.2, 0.25) is 10.0 Å². The standard InChI is InChI=1S/C25H30N4O3S.ClH/c26-13-19-5-8-25-23(12-19)24-16-29(15-20(24)17-32-25)11-9-18-3-6-21(7-4-18)28-33(30,31)22-2-1-10-27-14-22;/h1-2,5,8,10,12,14,18,20-21,24,28H,3-4,6-7,9,11,15-17H2;1H/t18-,20-,21-,24+;/m0./s1. The SMILES string of the molecule is Cl.N#Cc1ccc2c(c1)[C@@H]1CN(CC[C@H]3CC[C@H](NS(=O)(=O)c4cccnc4)CC3)C[C@H]1CO2. The number of pyridine rings is 1. The molecular formula is C25H31ClN4O3S. The second kappa shape index (κ2) is 10.6. The number of fused-ring (bicyclic) bond motifs is 3. The van der Waals surface area contributed by atoms with Crippen molar-refractivity contribution in [2.75, 3.05) is 26.2 Å². The predicted molar refractivity (Wildman–Crippen MR) is 131 cm³/mol. The van der Waals surface area contributed by atoms with Crippen LogP contribution in [0.2, 0.25) is 0 Å². The highest BCUT2D eigenvalue weighted by Gasteiger charge is 2.39. The Morgan fingerprint density at radius 2 is 2.00 bits per heavy atom. The number of sulfonamides is 1. The number of ether oxygens (including phenoxy) is 1. The maximum atomic E-state index is 12.5. The second-order valence-corrected chi connectivity index (χ2v) is 11.3. The Morgan fingerprint density at radius 3 is 2.74 bits per heavy atom. The molecule has 1 saturated heterocycles. The van der Waals surface area contributed by atoms with Gasteiger partial charge < -0.3 is 9.64 Å². The number of nitrogens with zero attached hydrogens (tertiary/aromatic N) is 3. The predicted octanol–water partition coefficient (Wildman–Crippen LogP) is 3.71. The molecule has 1 aromatic heterocycles. The summed E-state index contributed by atoms with van der Waals surface area (Å²) in [5.41, 5.74) is 1.89. The molecule has 1 saturated carbocycles. The maximum Gasteiger partial charge on any atom is 0.242 e. The molecule has 0 spiro atoms. The molecule has 3 heterocycles. The Hall–Kier alpha value is -2.18. The zero-order valence-corrected chi connectivity index (χ0v) is 20.7. The molecule has 5 rings (SSSR count). The lowest BCUT2D eigenvalue weighted by Crippen LogP contribution is -2.38. The van der Waals surface area contributed by atoms with E-state index in [0.717, 1.165) is 64.1 Å². The molecule has 1 N–H and O–H groups in total. The van der Waals surface area contributed by atoms with Gasteiger partial charge in [0, 0.05) is 48.9 Å². The first-order valence-electron chi connectivity index (χ1n) is 11.8. The molecule has 9 heteroatoms. The van der Waals surface area contributed by atoms with Crippen LogP contribution in [0, 0.1) is 23.2 Å². The van der Waals surface area contributed by atoms with Gasteiger partial charge in [-0.2, -0.15) is 5.26 Å². The van der Waals surface area contributed by atoms with Crippen molar-refractivity contribution in [3.05, 3.63) is 53.9 Å². The second-order valence-electron chi connectivity index (χ2n) is 9.62. The van der Waals surface area contributed by atoms with E-state index in [2.05, 4.69) is 20.7 Å². The highest BCUT2D eigenvalue weighted by atomic mass is 35.5. The number of halogens is 1. The minimum absolute atomic E-state index is 0. The number of benzene rings is 1. The van der Waals surface area contributed by atoms with Crippen LogP contribution >= 0.6 is 12.4 Å². The van der Waals surface area contributed by atoms with Crippen molar-refractivity contribution in [1.29, 1.82) is 5.26 Å². The van der Waals surface area contributed by atoms with Crippen molar-refractivity contribution in [2.45, 2.75) is 49.0 Å². The van der Waals surface area contributed by atoms with Crippen LogP contribution in [0.4, 0.5) is 0 Å². The van der Waals surface area contributed by atoms with E-state index in [9.17, 15) is 13.7 Å². The van der Waals surface area contributed by atoms with E-state index in [1.54, 1.807) is 18.3 Å². The van der Waals surface area contributed by atoms with Crippen LogP contribution in [0.5, 0.6) is 5.75 Å². The van der Waals surface area contributed by atoms with Crippen LogP contribution < -0.4 is 9.46 Å². The summed E-state index contributed by atoms with van der Waals surface area (Å²) in [4.78, 5) is 6.70. The van der Waals surface area contributed by atoms with Crippen LogP contribution in [0.3, 0.4) is 0 Å². The normalized spacial score (nSPS) is 26.4. The van der Waals surface area contributed by atoms with Gasteiger partial charge in [-0.15, -0.1) is 12.4 Å². The van der Waals surface area contributed by atoms with E-state index in [1.165, 1.54) is 11.8 Å². The molecule has 34 heavy (non-hydrogen) atoms. The summed E-state index contributed by atoms with van der Waals surface area (Å²) in [6, 6.07) is 11.3. The first-order chi connectivity index (χ1) is 16.0. The number of hydrogen-bond acceptors (Lipinski definition) is 6. The van der Waals surface area contributed by atoms with Gasteiger partial charge >= 0.3 is 0 Å². The molecular weight excluding hydrogens is 472 g/mol. The lowest BCUT2D eigenvalue weighted by atomic mass is 9.84. The number of nitriles is 1. The summed E-state index contributed by atoms with van der Waals surface area (Å²) >= 11 is 0. The third-order valence-electron chi connectivity index (χ3n) is 7.47. The van der Waals surface area contributed by atoms with E-state index in [1.807, 2.05) is 18.2 Å². The molecule has 1 aromatic carbocycles. The summed E-state index contributed by atoms with van der Waals surface area (Å²) in [5, 5.41) is 9.26. The number of aromatic nitrogens is 1. The van der Waals surface area contributed by atoms with E-state index >= 15 is 0 Å². The monoisotopic (exact) mass is 502 g/mol. The summed E-state index contributed by atoms with van der Waals surface area (Å²) in [5.74, 6) is 2.51. The summed E-state index contributed by atoms with van der Waals surface area (Å²) < 4.78 is 33.9. The first kappa shape index (κ1) is 24.9. The van der Waals surface area contributed by atoms with Crippen LogP contribution in [0.15, 0.2) is 47.6 Å². The smallest absolute Gasteiger partial charge is 0.242 e. The molecule has 0 bridgehead atoms. The summed E-state index contributed by atoms with van der Waals surface area (Å²) in [7, 11) is -3.50. The number of rotatable bonds is 6. The Bertz CT molecular complexity index is 1130. The number of likely N-dealkylation sites (tertiary alicyclic amines) is 1. The number of hydrogen-bond donors (Lipinski definition) is 1. The molecule has 0 unspecified atom stereocenters. The Balaban J connectivity index is 0.00000274. The van der Waals surface area contributed by atoms with Gasteiger partial charge in [0.25, 0.3) is 0 Å². The molecule has 2 aromatic rings. The van der Waals surface area contributed by atoms with Crippen molar-refractivity contribution < 1.29 is 13.2 Å². The van der Waals surface area contributed by atoms with Crippen LogP contribution in [-0.2, 0) is 10.0 Å². The van der Waals surface area contributed by atoms with Crippen molar-refractivity contribution in [2.24, 2.45) is 11.8 Å². The molecule has 182 valence electrons. The quantitative estimate of drug-likeness (QED) is 0.647. The lowest BCUT2D eigenvalue weighted by molar-refractivity contribution is 0.208. The summed E-state index contributed by atoms with van der Waals surface area (Å²) in [6.45, 7) is 3.89. The average molecular weight is 503 g/mol. The molecule has 2 aliphatic heterocycles. The summed E-state index contributed by atoms with van der Waals surface area (Å²) in [6.07, 6.45) is 7.99. The molecule has 1 aliphatic carbocycles. The van der Waals surface area contributed by atoms with Gasteiger partial charge in [-0.25, -0.2) is 13.1 Å². The Morgan fingerprint density at radius 1 is 1.18 bits per heavy atom. The van der Waals surface area contributed by atoms with Gasteiger partial charge in [-0.05, 0) is 74.9 Å². The van der Waals surface area contributed by atoms with Crippen LogP contribution in [0.1, 0.15) is 49.1 Å². The first-order valence-corrected chi connectivity index (χ1v) is 13.3. The molecule has 2 atom stereocenters. The van der Waals surface area contributed by atoms with Gasteiger partial charge in [0.05, 0.1) is 18.2 Å². The van der Waals surface area contributed by atoms with Crippen molar-refractivity contribution in [1.82, 2.24) is 14.6 Å². The highest BCUT2D eigenvalue weighted by Crippen LogP contribution is 2.42. The van der Waals surface area contributed by atoms with Gasteiger partial charge in [-0.1, -0.05) is 0 Å². The van der Waals surface area contributed by atoms with Crippen molar-refractivity contribution in [3.63, 3.8) is 0 Å². The molecule has 0 radical (unpaired) electrons. The van der Waals surface area contributed by atoms with Crippen LogP contribution in [0.25, 0.3) is 0 Å². The third-order valence-corrected chi connectivity index (χ3v) is 8.98. The van der Waals surface area contributed by atoms with E-state index in [-0.39, 0.29) is 23.3 Å². The van der Waals surface area contributed by atoms with Gasteiger partial charge in [0.15, 0.2) is 0 Å². The Labute approximate surface area is 208 Å². The fourth-order valence-electron chi connectivity index (χ4n) is 5.63. The van der Waals surface area contributed by atoms with Gasteiger partial charge in [0.1, 0.15) is 10.6 Å². The van der Waals surface area contributed by atoms with E-state index < -0.39 is 10.0 Å². The largest absolute Gasteiger partial charge is 0.493 e. The molecule has 3 aliphatic rings. The Kier molecular flexibility index (Phi) is 7.78. The lowest BCUT2D eigenvalue weighted by Gasteiger charge is -2.30. The maximum absolute atomic E-state index is 12.5. The van der Waals surface area contributed by atoms with E-state index in [0.29, 0.717) is 23.3 Å². The van der Waals surface area contributed by atoms with Crippen LogP contribution in [-0.4, -0.2) is 50.6 Å². The average Bonchev–Trinajstić information content (AvgIpc) is 3.27. The highest BCUT2D eigenvalue weighted by molar-refractivity contribution is 7.89. The topological polar surface area (TPSA) is 95.3 Å². The van der Waals surface area contributed by atoms with Crippen molar-refractivity contribution in [3.8, 4) is 11.8 Å². The third kappa shape index (κ3) is 5.38. The fraction of sp³-hybridized carbons (Fsp3) is 0.520.